The second kappa shape index (κ2) is 10.2. The molecule has 5 aliphatic rings. The lowest BCUT2D eigenvalue weighted by Gasteiger charge is -2.70. The molecule has 0 heterocycles. The molecule has 8 atom stereocenters. The predicted molar refractivity (Wildman–Crippen MR) is 174 cm³/mol. The second-order valence-electron chi connectivity index (χ2n) is 17.4. The minimum Gasteiger partial charge on any atom is -0.508 e. The molecule has 1 aromatic rings. The monoisotopic (exact) mass is 602 g/mol. The van der Waals surface area contributed by atoms with Gasteiger partial charge in [-0.2, -0.15) is 0 Å². The smallest absolute Gasteiger partial charge is 0.331 e. The number of rotatable bonds is 4. The van der Waals surface area contributed by atoms with Gasteiger partial charge in [-0.15, -0.1) is 0 Å². The van der Waals surface area contributed by atoms with E-state index in [2.05, 4.69) is 54.5 Å². The molecule has 4 saturated carbocycles. The molecule has 2 N–H and O–H groups in total. The SMILES string of the molecule is CC1(C)CC[C@]2(C(=O)O)CC=C3[C@]4(C)CC[C@H]5C(C)(C)[C@@H](OC(=O)C=Cc6ccc(O)cc6)CC[C@]5(C)[C@H]4CC[C@@]3(C)[C@@H]2C1. The van der Waals surface area contributed by atoms with E-state index >= 15 is 0 Å². The van der Waals surface area contributed by atoms with E-state index < -0.39 is 11.4 Å². The van der Waals surface area contributed by atoms with E-state index in [-0.39, 0.29) is 50.8 Å². The Labute approximate surface area is 264 Å². The van der Waals surface area contributed by atoms with Crippen LogP contribution in [0.5, 0.6) is 5.75 Å². The van der Waals surface area contributed by atoms with E-state index in [0.29, 0.717) is 18.3 Å². The summed E-state index contributed by atoms with van der Waals surface area (Å²) in [6, 6.07) is 6.79. The summed E-state index contributed by atoms with van der Waals surface area (Å²) >= 11 is 0. The number of ether oxygens (including phenoxy) is 1. The van der Waals surface area contributed by atoms with Crippen LogP contribution in [0, 0.1) is 50.2 Å². The van der Waals surface area contributed by atoms with Gasteiger partial charge in [-0.1, -0.05) is 72.2 Å². The van der Waals surface area contributed by atoms with Crippen molar-refractivity contribution in [2.75, 3.05) is 0 Å². The second-order valence-corrected chi connectivity index (χ2v) is 17.4. The summed E-state index contributed by atoms with van der Waals surface area (Å²) < 4.78 is 6.18. The first-order valence-electron chi connectivity index (χ1n) is 17.1. The summed E-state index contributed by atoms with van der Waals surface area (Å²) in [5.74, 6) is 0.478. The van der Waals surface area contributed by atoms with Gasteiger partial charge in [0, 0.05) is 11.5 Å². The van der Waals surface area contributed by atoms with Crippen molar-refractivity contribution in [1.82, 2.24) is 0 Å². The van der Waals surface area contributed by atoms with Crippen molar-refractivity contribution >= 4 is 18.0 Å². The highest BCUT2D eigenvalue weighted by Gasteiger charge is 2.68. The van der Waals surface area contributed by atoms with Crippen LogP contribution in [0.2, 0.25) is 0 Å². The van der Waals surface area contributed by atoms with Crippen LogP contribution in [0.25, 0.3) is 6.08 Å². The zero-order chi connectivity index (χ0) is 31.9. The lowest BCUT2D eigenvalue weighted by atomic mass is 9.34. The summed E-state index contributed by atoms with van der Waals surface area (Å²) in [7, 11) is 0. The van der Waals surface area contributed by atoms with E-state index in [4.69, 9.17) is 4.74 Å². The minimum atomic E-state index is -0.626. The number of carboxylic acids is 1. The molecule has 240 valence electrons. The first-order valence-corrected chi connectivity index (χ1v) is 17.1. The average Bonchev–Trinajstić information content (AvgIpc) is 2.94. The molecule has 5 nitrogen and oxygen atoms in total. The van der Waals surface area contributed by atoms with E-state index in [0.717, 1.165) is 63.4 Å². The van der Waals surface area contributed by atoms with Crippen LogP contribution in [-0.2, 0) is 14.3 Å². The Morgan fingerprint density at radius 3 is 2.11 bits per heavy atom. The lowest BCUT2D eigenvalue weighted by Crippen LogP contribution is -2.64. The number of fused-ring (bicyclic) bond motifs is 7. The first-order chi connectivity index (χ1) is 20.5. The summed E-state index contributed by atoms with van der Waals surface area (Å²) in [5, 5.41) is 20.2. The highest BCUT2D eigenvalue weighted by atomic mass is 16.5. The number of hydrogen-bond acceptors (Lipinski definition) is 4. The van der Waals surface area contributed by atoms with Crippen LogP contribution < -0.4 is 0 Å². The maximum atomic E-state index is 13.0. The van der Waals surface area contributed by atoms with E-state index in [1.165, 1.54) is 6.08 Å². The zero-order valence-corrected chi connectivity index (χ0v) is 28.0. The fourth-order valence-electron chi connectivity index (χ4n) is 12.0. The summed E-state index contributed by atoms with van der Waals surface area (Å²) in [6.07, 6.45) is 15.3. The van der Waals surface area contributed by atoms with Crippen molar-refractivity contribution in [2.45, 2.75) is 119 Å². The number of aromatic hydroxyl groups is 1. The van der Waals surface area contributed by atoms with Gasteiger partial charge in [0.1, 0.15) is 11.9 Å². The Balaban J connectivity index is 1.25. The number of carboxylic acid groups (broad SMARTS) is 1. The van der Waals surface area contributed by atoms with Crippen molar-refractivity contribution in [2.24, 2.45) is 50.2 Å². The fourth-order valence-corrected chi connectivity index (χ4v) is 12.0. The molecule has 0 radical (unpaired) electrons. The number of benzene rings is 1. The van der Waals surface area contributed by atoms with Crippen molar-refractivity contribution in [3.63, 3.8) is 0 Å². The molecule has 0 aromatic heterocycles. The van der Waals surface area contributed by atoms with Crippen LogP contribution in [0.15, 0.2) is 42.0 Å². The number of phenolic OH excluding ortho intramolecular Hbond substituents is 1. The predicted octanol–water partition coefficient (Wildman–Crippen LogP) is 9.20. The summed E-state index contributed by atoms with van der Waals surface area (Å²) in [4.78, 5) is 25.9. The number of hydrogen-bond donors (Lipinski definition) is 2. The molecule has 0 unspecified atom stereocenters. The van der Waals surface area contributed by atoms with Crippen LogP contribution in [-0.4, -0.2) is 28.3 Å². The lowest BCUT2D eigenvalue weighted by molar-refractivity contribution is -0.199. The number of phenols is 1. The van der Waals surface area contributed by atoms with Crippen molar-refractivity contribution < 1.29 is 24.5 Å². The molecular formula is C39H54O5. The van der Waals surface area contributed by atoms with E-state index in [9.17, 15) is 19.8 Å². The zero-order valence-electron chi connectivity index (χ0n) is 28.0. The molecule has 0 amide bonds. The van der Waals surface area contributed by atoms with E-state index in [1.807, 2.05) is 0 Å². The average molecular weight is 603 g/mol. The Morgan fingerprint density at radius 1 is 0.818 bits per heavy atom. The molecule has 5 aliphatic carbocycles. The van der Waals surface area contributed by atoms with Gasteiger partial charge in [-0.25, -0.2) is 4.79 Å². The first kappa shape index (κ1) is 31.4. The van der Waals surface area contributed by atoms with E-state index in [1.54, 1.807) is 35.9 Å². The summed E-state index contributed by atoms with van der Waals surface area (Å²) in [5.41, 5.74) is 1.95. The van der Waals surface area contributed by atoms with Crippen LogP contribution in [0.3, 0.4) is 0 Å². The van der Waals surface area contributed by atoms with Crippen molar-refractivity contribution in [3.8, 4) is 5.75 Å². The van der Waals surface area contributed by atoms with Gasteiger partial charge >= 0.3 is 11.9 Å². The van der Waals surface area contributed by atoms with Crippen molar-refractivity contribution in [3.05, 3.63) is 47.6 Å². The largest absolute Gasteiger partial charge is 0.508 e. The van der Waals surface area contributed by atoms with Gasteiger partial charge in [-0.05, 0) is 127 Å². The Bertz CT molecular complexity index is 1390. The fraction of sp³-hybridized carbons (Fsp3) is 0.692. The Morgan fingerprint density at radius 2 is 1.45 bits per heavy atom. The number of carbonyl (C=O) groups is 2. The van der Waals surface area contributed by atoms with Crippen molar-refractivity contribution in [1.29, 1.82) is 0 Å². The van der Waals surface area contributed by atoms with Crippen LogP contribution in [0.1, 0.15) is 118 Å². The normalized spacial score (nSPS) is 42.2. The van der Waals surface area contributed by atoms with Gasteiger partial charge in [0.15, 0.2) is 0 Å². The highest BCUT2D eigenvalue weighted by molar-refractivity contribution is 5.87. The quantitative estimate of drug-likeness (QED) is 0.204. The van der Waals surface area contributed by atoms with Gasteiger partial charge in [0.2, 0.25) is 0 Å². The molecule has 0 saturated heterocycles. The molecule has 5 heteroatoms. The number of esters is 1. The van der Waals surface area contributed by atoms with Gasteiger partial charge in [0.05, 0.1) is 5.41 Å². The molecule has 4 fully saturated rings. The standard InChI is InChI=1S/C39H54O5/c1-34(2)22-23-39(33(42)43)21-16-29-37(6)18-14-27-35(3,4)31(44-32(41)13-10-25-8-11-26(40)12-9-25)17-20-36(27,5)28(37)15-19-38(29,7)30(39)24-34/h8-13,16,27-28,30-31,40H,14-15,17-24H2,1-7H3,(H,42,43)/t27-,28+,30-,31-,36-,37+,38+,39+/m0/s1. The van der Waals surface area contributed by atoms with Crippen LogP contribution in [0.4, 0.5) is 0 Å². The molecule has 44 heavy (non-hydrogen) atoms. The molecular weight excluding hydrogens is 548 g/mol. The van der Waals surface area contributed by atoms with Gasteiger partial charge in [0.25, 0.3) is 0 Å². The number of carbonyl (C=O) groups excluding carboxylic acids is 1. The molecule has 0 spiro atoms. The topological polar surface area (TPSA) is 83.8 Å². The third-order valence-electron chi connectivity index (χ3n) is 14.3. The van der Waals surface area contributed by atoms with Gasteiger partial charge < -0.3 is 14.9 Å². The molecule has 0 aliphatic heterocycles. The third-order valence-corrected chi connectivity index (χ3v) is 14.3. The Kier molecular flexibility index (Phi) is 7.30. The molecule has 6 rings (SSSR count). The minimum absolute atomic E-state index is 0.0664. The third kappa shape index (κ3) is 4.61. The highest BCUT2D eigenvalue weighted by Crippen LogP contribution is 2.75. The van der Waals surface area contributed by atoms with Gasteiger partial charge in [-0.3, -0.25) is 4.79 Å². The molecule has 0 bridgehead atoms. The number of aliphatic carboxylic acids is 1. The number of allylic oxidation sites excluding steroid dienone is 2. The summed E-state index contributed by atoms with van der Waals surface area (Å²) in [6.45, 7) is 16.8. The Hall–Kier alpha value is -2.56. The maximum absolute atomic E-state index is 13.0. The maximum Gasteiger partial charge on any atom is 0.331 e. The molecule has 1 aromatic carbocycles. The van der Waals surface area contributed by atoms with Crippen LogP contribution >= 0.6 is 0 Å².